The van der Waals surface area contributed by atoms with E-state index >= 15 is 0 Å². The third kappa shape index (κ3) is 7.30. The Hall–Kier alpha value is -2.39. The Labute approximate surface area is 219 Å². The van der Waals surface area contributed by atoms with Crippen molar-refractivity contribution in [3.8, 4) is 5.75 Å². The van der Waals surface area contributed by atoms with Crippen molar-refractivity contribution in [2.75, 3.05) is 39.1 Å². The average molecular weight is 544 g/mol. The molecule has 2 amide bonds. The van der Waals surface area contributed by atoms with Crippen LogP contribution in [0.5, 0.6) is 5.75 Å². The summed E-state index contributed by atoms with van der Waals surface area (Å²) in [5.41, 5.74) is 12.6. The monoisotopic (exact) mass is 542 g/mol. The number of carbonyl (C=O) groups is 2. The van der Waals surface area contributed by atoms with Gasteiger partial charge in [0.25, 0.3) is 5.91 Å². The van der Waals surface area contributed by atoms with E-state index in [1.807, 2.05) is 12.1 Å². The number of nitrogens with two attached hydrogens (primary N) is 2. The van der Waals surface area contributed by atoms with Crippen molar-refractivity contribution in [1.82, 2.24) is 10.2 Å². The molecule has 3 rings (SSSR count). The number of anilines is 1. The SMILES string of the molecule is COc1cc(N)c(Cl)cc1C(=O)NCC1CCN(C(CCOC(N)=O)c2ccc(Cl)c(Cl)c2)CC1. The van der Waals surface area contributed by atoms with Crippen LogP contribution < -0.4 is 21.5 Å². The van der Waals surface area contributed by atoms with Gasteiger partial charge in [0, 0.05) is 25.1 Å². The number of amides is 2. The summed E-state index contributed by atoms with van der Waals surface area (Å²) in [7, 11) is 1.48. The van der Waals surface area contributed by atoms with Crippen LogP contribution in [0.25, 0.3) is 0 Å². The van der Waals surface area contributed by atoms with E-state index < -0.39 is 6.09 Å². The van der Waals surface area contributed by atoms with E-state index in [1.54, 1.807) is 12.1 Å². The molecule has 1 heterocycles. The maximum absolute atomic E-state index is 12.7. The van der Waals surface area contributed by atoms with E-state index in [0.29, 0.717) is 51.0 Å². The van der Waals surface area contributed by atoms with Gasteiger partial charge in [-0.1, -0.05) is 40.9 Å². The van der Waals surface area contributed by atoms with Gasteiger partial charge < -0.3 is 26.3 Å². The minimum atomic E-state index is -0.800. The molecule has 1 unspecified atom stereocenters. The lowest BCUT2D eigenvalue weighted by Crippen LogP contribution is -2.40. The second-order valence-electron chi connectivity index (χ2n) is 8.41. The van der Waals surface area contributed by atoms with Crippen LogP contribution in [0, 0.1) is 5.92 Å². The maximum Gasteiger partial charge on any atom is 0.404 e. The first-order chi connectivity index (χ1) is 16.7. The van der Waals surface area contributed by atoms with Crippen molar-refractivity contribution in [2.45, 2.75) is 25.3 Å². The predicted octanol–water partition coefficient (Wildman–Crippen LogP) is 4.91. The van der Waals surface area contributed by atoms with Crippen LogP contribution in [0.4, 0.5) is 10.5 Å². The number of piperidine rings is 1. The molecule has 1 atom stereocenters. The largest absolute Gasteiger partial charge is 0.496 e. The Bertz CT molecular complexity index is 1060. The Balaban J connectivity index is 1.60. The zero-order chi connectivity index (χ0) is 25.5. The molecular weight excluding hydrogens is 515 g/mol. The van der Waals surface area contributed by atoms with Gasteiger partial charge >= 0.3 is 6.09 Å². The molecule has 8 nitrogen and oxygen atoms in total. The first-order valence-corrected chi connectivity index (χ1v) is 12.4. The van der Waals surface area contributed by atoms with Gasteiger partial charge in [0.2, 0.25) is 0 Å². The molecular formula is C24H29Cl3N4O4. The molecule has 1 fully saturated rings. The van der Waals surface area contributed by atoms with E-state index in [1.165, 1.54) is 13.2 Å². The van der Waals surface area contributed by atoms with Gasteiger partial charge in [0.15, 0.2) is 0 Å². The van der Waals surface area contributed by atoms with Crippen LogP contribution in [-0.2, 0) is 4.74 Å². The topological polar surface area (TPSA) is 120 Å². The van der Waals surface area contributed by atoms with Gasteiger partial charge in [-0.3, -0.25) is 9.69 Å². The molecule has 2 aromatic rings. The summed E-state index contributed by atoms with van der Waals surface area (Å²) < 4.78 is 10.3. The molecule has 1 aliphatic rings. The number of primary amides is 1. The van der Waals surface area contributed by atoms with E-state index in [-0.39, 0.29) is 18.6 Å². The van der Waals surface area contributed by atoms with Crippen LogP contribution in [0.15, 0.2) is 30.3 Å². The van der Waals surface area contributed by atoms with Crippen molar-refractivity contribution < 1.29 is 19.1 Å². The van der Waals surface area contributed by atoms with Gasteiger partial charge in [0.1, 0.15) is 5.75 Å². The fourth-order valence-electron chi connectivity index (χ4n) is 4.27. The second kappa shape index (κ2) is 12.5. The summed E-state index contributed by atoms with van der Waals surface area (Å²) in [6.07, 6.45) is 1.54. The van der Waals surface area contributed by atoms with Gasteiger partial charge in [-0.15, -0.1) is 0 Å². The van der Waals surface area contributed by atoms with Gasteiger partial charge in [-0.2, -0.15) is 0 Å². The zero-order valence-corrected chi connectivity index (χ0v) is 21.6. The molecule has 1 saturated heterocycles. The lowest BCUT2D eigenvalue weighted by molar-refractivity contribution is 0.0885. The summed E-state index contributed by atoms with van der Waals surface area (Å²) >= 11 is 18.4. The molecule has 0 aliphatic carbocycles. The number of benzene rings is 2. The van der Waals surface area contributed by atoms with Gasteiger partial charge in [0.05, 0.1) is 40.0 Å². The van der Waals surface area contributed by atoms with Gasteiger partial charge in [-0.05, 0) is 55.6 Å². The second-order valence-corrected chi connectivity index (χ2v) is 9.63. The summed E-state index contributed by atoms with van der Waals surface area (Å²) in [5, 5.41) is 4.24. The van der Waals surface area contributed by atoms with E-state index in [2.05, 4.69) is 10.2 Å². The smallest absolute Gasteiger partial charge is 0.404 e. The third-order valence-corrected chi connectivity index (χ3v) is 7.24. The van der Waals surface area contributed by atoms with E-state index in [4.69, 9.17) is 55.7 Å². The highest BCUT2D eigenvalue weighted by atomic mass is 35.5. The number of carbonyl (C=O) groups excluding carboxylic acids is 2. The van der Waals surface area contributed by atoms with Crippen molar-refractivity contribution in [1.29, 1.82) is 0 Å². The molecule has 0 aromatic heterocycles. The number of likely N-dealkylation sites (tertiary alicyclic amines) is 1. The standard InChI is InChI=1S/C24H29Cl3N4O4/c1-34-22-12-20(28)19(27)11-16(22)23(32)30-13-14-4-7-31(8-5-14)21(6-9-35-24(29)33)15-2-3-17(25)18(26)10-15/h2-3,10-12,14,21H,4-9,13,28H2,1H3,(H2,29,33)(H,30,32). The Morgan fingerprint density at radius 2 is 1.83 bits per heavy atom. The number of nitrogens with one attached hydrogen (secondary N) is 1. The number of nitrogen functional groups attached to an aromatic ring is 1. The average Bonchev–Trinajstić information content (AvgIpc) is 2.84. The minimum Gasteiger partial charge on any atom is -0.496 e. The number of hydrogen-bond donors (Lipinski definition) is 3. The normalized spacial score (nSPS) is 15.4. The van der Waals surface area contributed by atoms with Crippen LogP contribution in [0.1, 0.15) is 41.2 Å². The minimum absolute atomic E-state index is 0.0131. The fraction of sp³-hybridized carbons (Fsp3) is 0.417. The van der Waals surface area contributed by atoms with Crippen molar-refractivity contribution in [3.05, 3.63) is 56.5 Å². The van der Waals surface area contributed by atoms with Crippen molar-refractivity contribution >= 4 is 52.5 Å². The summed E-state index contributed by atoms with van der Waals surface area (Å²) in [4.78, 5) is 26.1. The third-order valence-electron chi connectivity index (χ3n) is 6.17. The molecule has 2 aromatic carbocycles. The molecule has 0 spiro atoms. The highest BCUT2D eigenvalue weighted by Crippen LogP contribution is 2.33. The molecule has 0 radical (unpaired) electrons. The van der Waals surface area contributed by atoms with E-state index in [9.17, 15) is 9.59 Å². The Morgan fingerprint density at radius 1 is 1.11 bits per heavy atom. The Morgan fingerprint density at radius 3 is 2.46 bits per heavy atom. The van der Waals surface area contributed by atoms with Crippen LogP contribution >= 0.6 is 34.8 Å². The highest BCUT2D eigenvalue weighted by molar-refractivity contribution is 6.42. The molecule has 5 N–H and O–H groups in total. The van der Waals surface area contributed by atoms with Gasteiger partial charge in [-0.25, -0.2) is 4.79 Å². The number of hydrogen-bond acceptors (Lipinski definition) is 6. The van der Waals surface area contributed by atoms with Crippen molar-refractivity contribution in [3.63, 3.8) is 0 Å². The quantitative estimate of drug-likeness (QED) is 0.387. The van der Waals surface area contributed by atoms with Crippen LogP contribution in [0.2, 0.25) is 15.1 Å². The van der Waals surface area contributed by atoms with Crippen LogP contribution in [-0.4, -0.2) is 50.3 Å². The lowest BCUT2D eigenvalue weighted by Gasteiger charge is -2.38. The molecule has 0 saturated carbocycles. The lowest BCUT2D eigenvalue weighted by atomic mass is 9.93. The molecule has 35 heavy (non-hydrogen) atoms. The number of nitrogens with zero attached hydrogens (tertiary/aromatic N) is 1. The Kier molecular flexibility index (Phi) is 9.74. The molecule has 0 bridgehead atoms. The highest BCUT2D eigenvalue weighted by Gasteiger charge is 2.27. The molecule has 190 valence electrons. The zero-order valence-electron chi connectivity index (χ0n) is 19.4. The fourth-order valence-corrected chi connectivity index (χ4v) is 4.74. The first kappa shape index (κ1) is 27.2. The number of rotatable bonds is 9. The molecule has 11 heteroatoms. The number of halogens is 3. The summed E-state index contributed by atoms with van der Waals surface area (Å²) in [6, 6.07) is 8.59. The first-order valence-electron chi connectivity index (χ1n) is 11.2. The maximum atomic E-state index is 12.7. The predicted molar refractivity (Wildman–Crippen MR) is 138 cm³/mol. The van der Waals surface area contributed by atoms with Crippen molar-refractivity contribution in [2.24, 2.45) is 11.7 Å². The number of methoxy groups -OCH3 is 1. The van der Waals surface area contributed by atoms with Crippen LogP contribution in [0.3, 0.4) is 0 Å². The summed E-state index contributed by atoms with van der Waals surface area (Å²) in [5.74, 6) is 0.423. The molecule has 1 aliphatic heterocycles. The van der Waals surface area contributed by atoms with E-state index in [0.717, 1.165) is 31.5 Å². The number of ether oxygens (including phenoxy) is 2. The summed E-state index contributed by atoms with van der Waals surface area (Å²) in [6.45, 7) is 2.33.